The molecule has 4 aromatic rings. The van der Waals surface area contributed by atoms with Crippen molar-refractivity contribution in [2.45, 2.75) is 0 Å². The number of hydrogen-bond acceptors (Lipinski definition) is 1. The van der Waals surface area contributed by atoms with E-state index < -0.39 is 0 Å². The van der Waals surface area contributed by atoms with Gasteiger partial charge in [0.15, 0.2) is 0 Å². The summed E-state index contributed by atoms with van der Waals surface area (Å²) < 4.78 is 0. The molecule has 0 aliphatic heterocycles. The third-order valence-electron chi connectivity index (χ3n) is 4.48. The van der Waals surface area contributed by atoms with E-state index in [1.165, 1.54) is 26.9 Å². The summed E-state index contributed by atoms with van der Waals surface area (Å²) in [6, 6.07) is 21.1. The predicted octanol–water partition coefficient (Wildman–Crippen LogP) is 5.52. The van der Waals surface area contributed by atoms with E-state index in [0.717, 1.165) is 16.5 Å². The molecule has 0 spiro atoms. The monoisotopic (exact) mass is 268 g/mol. The van der Waals surface area contributed by atoms with Crippen LogP contribution >= 0.6 is 0 Å². The van der Waals surface area contributed by atoms with Gasteiger partial charge in [-0.1, -0.05) is 54.6 Å². The van der Waals surface area contributed by atoms with Crippen molar-refractivity contribution in [2.75, 3.05) is 0 Å². The lowest BCUT2D eigenvalue weighted by molar-refractivity contribution is 0.517. The lowest BCUT2D eigenvalue weighted by Gasteiger charge is -2.09. The Hall–Kier alpha value is -2.80. The highest BCUT2D eigenvalue weighted by molar-refractivity contribution is 6.21. The first-order valence-electron chi connectivity index (χ1n) is 7.11. The number of aliphatic hydroxyl groups is 1. The molecule has 1 aliphatic carbocycles. The van der Waals surface area contributed by atoms with Crippen molar-refractivity contribution < 1.29 is 5.11 Å². The largest absolute Gasteiger partial charge is 0.507 e. The van der Waals surface area contributed by atoms with E-state index in [9.17, 15) is 5.11 Å². The smallest absolute Gasteiger partial charge is 0.124 e. The molecule has 0 amide bonds. The van der Waals surface area contributed by atoms with Gasteiger partial charge >= 0.3 is 0 Å². The van der Waals surface area contributed by atoms with E-state index in [1.807, 2.05) is 18.2 Å². The molecule has 0 aromatic heterocycles. The quantitative estimate of drug-likeness (QED) is 0.329. The molecule has 5 rings (SSSR count). The zero-order chi connectivity index (χ0) is 14.0. The third kappa shape index (κ3) is 1.30. The van der Waals surface area contributed by atoms with Gasteiger partial charge in [-0.05, 0) is 44.6 Å². The lowest BCUT2D eigenvalue weighted by atomic mass is 9.94. The Kier molecular flexibility index (Phi) is 1.90. The van der Waals surface area contributed by atoms with Crippen LogP contribution in [0.2, 0.25) is 0 Å². The fourth-order valence-corrected chi connectivity index (χ4v) is 3.55. The van der Waals surface area contributed by atoms with Gasteiger partial charge in [0, 0.05) is 10.9 Å². The first-order valence-corrected chi connectivity index (χ1v) is 7.11. The molecular formula is C20H12O. The van der Waals surface area contributed by atoms with Gasteiger partial charge in [0.1, 0.15) is 5.76 Å². The van der Waals surface area contributed by atoms with Gasteiger partial charge in [-0.25, -0.2) is 0 Å². The third-order valence-corrected chi connectivity index (χ3v) is 4.48. The molecular weight excluding hydrogens is 256 g/mol. The van der Waals surface area contributed by atoms with Gasteiger partial charge in [0.2, 0.25) is 0 Å². The maximum Gasteiger partial charge on any atom is 0.124 e. The van der Waals surface area contributed by atoms with E-state index in [2.05, 4.69) is 48.5 Å². The zero-order valence-corrected chi connectivity index (χ0v) is 11.3. The minimum atomic E-state index is 0.372. The van der Waals surface area contributed by atoms with Crippen molar-refractivity contribution in [1.29, 1.82) is 0 Å². The number of fused-ring (bicyclic) bond motifs is 4. The van der Waals surface area contributed by atoms with Gasteiger partial charge < -0.3 is 5.11 Å². The SMILES string of the molecule is OC1=Cc2c3ccc4ccccc4c3cc3cccc1c23. The van der Waals surface area contributed by atoms with Crippen LogP contribution in [0.3, 0.4) is 0 Å². The number of aliphatic hydroxyl groups excluding tert-OH is 1. The second-order valence-electron chi connectivity index (χ2n) is 5.61. The van der Waals surface area contributed by atoms with Crippen LogP contribution in [0.4, 0.5) is 0 Å². The highest BCUT2D eigenvalue weighted by atomic mass is 16.3. The summed E-state index contributed by atoms with van der Waals surface area (Å²) in [4.78, 5) is 0. The Balaban J connectivity index is 2.11. The zero-order valence-electron chi connectivity index (χ0n) is 11.3. The molecule has 1 nitrogen and oxygen atoms in total. The predicted molar refractivity (Wildman–Crippen MR) is 89.5 cm³/mol. The van der Waals surface area contributed by atoms with Gasteiger partial charge in [-0.15, -0.1) is 0 Å². The standard InChI is InChI=1S/C20H12O/c21-19-11-18-15-9-8-12-4-1-2-6-14(12)17(15)10-13-5-3-7-16(19)20(13)18/h1-11,21H. The summed E-state index contributed by atoms with van der Waals surface area (Å²) in [6.07, 6.45) is 1.90. The lowest BCUT2D eigenvalue weighted by Crippen LogP contribution is -1.84. The minimum absolute atomic E-state index is 0.372. The molecule has 1 aliphatic rings. The highest BCUT2D eigenvalue weighted by Gasteiger charge is 2.18. The molecule has 0 atom stereocenters. The van der Waals surface area contributed by atoms with Crippen LogP contribution in [-0.4, -0.2) is 5.11 Å². The number of rotatable bonds is 0. The molecule has 0 bridgehead atoms. The summed E-state index contributed by atoms with van der Waals surface area (Å²) in [5.74, 6) is 0.372. The van der Waals surface area contributed by atoms with Crippen LogP contribution in [0.1, 0.15) is 11.1 Å². The molecule has 0 radical (unpaired) electrons. The maximum atomic E-state index is 10.2. The Morgan fingerprint density at radius 3 is 2.48 bits per heavy atom. The fraction of sp³-hybridized carbons (Fsp3) is 0. The Labute approximate surface area is 121 Å². The summed E-state index contributed by atoms with van der Waals surface area (Å²) in [6.45, 7) is 0. The van der Waals surface area contributed by atoms with Crippen LogP contribution in [0.5, 0.6) is 0 Å². The molecule has 0 heterocycles. The second kappa shape index (κ2) is 3.64. The average molecular weight is 268 g/mol. The minimum Gasteiger partial charge on any atom is -0.507 e. The van der Waals surface area contributed by atoms with Crippen LogP contribution in [0.15, 0.2) is 60.7 Å². The van der Waals surface area contributed by atoms with Crippen molar-refractivity contribution in [3.8, 4) is 0 Å². The van der Waals surface area contributed by atoms with Crippen LogP contribution in [0, 0.1) is 0 Å². The van der Waals surface area contributed by atoms with E-state index in [0.29, 0.717) is 5.76 Å². The fourth-order valence-electron chi connectivity index (χ4n) is 3.55. The van der Waals surface area contributed by atoms with E-state index in [1.54, 1.807) is 0 Å². The van der Waals surface area contributed by atoms with Gasteiger partial charge in [0.25, 0.3) is 0 Å². The summed E-state index contributed by atoms with van der Waals surface area (Å²) >= 11 is 0. The normalized spacial score (nSPS) is 13.2. The molecule has 0 saturated heterocycles. The molecule has 0 fully saturated rings. The van der Waals surface area contributed by atoms with E-state index in [4.69, 9.17) is 0 Å². The van der Waals surface area contributed by atoms with Gasteiger partial charge in [0.05, 0.1) is 0 Å². The van der Waals surface area contributed by atoms with Crippen LogP contribution < -0.4 is 0 Å². The second-order valence-corrected chi connectivity index (χ2v) is 5.61. The summed E-state index contributed by atoms with van der Waals surface area (Å²) in [7, 11) is 0. The number of hydrogen-bond donors (Lipinski definition) is 1. The number of benzene rings is 4. The molecule has 1 N–H and O–H groups in total. The summed E-state index contributed by atoms with van der Waals surface area (Å²) in [5.41, 5.74) is 2.08. The maximum absolute atomic E-state index is 10.2. The first-order chi connectivity index (χ1) is 10.3. The van der Waals surface area contributed by atoms with Gasteiger partial charge in [-0.3, -0.25) is 0 Å². The molecule has 0 unspecified atom stereocenters. The Morgan fingerprint density at radius 2 is 1.52 bits per heavy atom. The van der Waals surface area contributed by atoms with E-state index in [-0.39, 0.29) is 0 Å². The Bertz CT molecular complexity index is 1090. The topological polar surface area (TPSA) is 20.2 Å². The van der Waals surface area contributed by atoms with Crippen molar-refractivity contribution >= 4 is 44.2 Å². The molecule has 1 heteroatoms. The summed E-state index contributed by atoms with van der Waals surface area (Å²) in [5, 5.41) is 17.5. The van der Waals surface area contributed by atoms with Crippen molar-refractivity contribution in [2.24, 2.45) is 0 Å². The van der Waals surface area contributed by atoms with Crippen molar-refractivity contribution in [3.63, 3.8) is 0 Å². The van der Waals surface area contributed by atoms with E-state index >= 15 is 0 Å². The van der Waals surface area contributed by atoms with Crippen molar-refractivity contribution in [3.05, 3.63) is 71.8 Å². The average Bonchev–Trinajstić information content (AvgIpc) is 2.86. The molecule has 0 saturated carbocycles. The van der Waals surface area contributed by atoms with Crippen molar-refractivity contribution in [1.82, 2.24) is 0 Å². The van der Waals surface area contributed by atoms with Crippen LogP contribution in [-0.2, 0) is 0 Å². The molecule has 21 heavy (non-hydrogen) atoms. The molecule has 4 aromatic carbocycles. The Morgan fingerprint density at radius 1 is 0.667 bits per heavy atom. The van der Waals surface area contributed by atoms with Crippen LogP contribution in [0.25, 0.3) is 44.2 Å². The van der Waals surface area contributed by atoms with Gasteiger partial charge in [-0.2, -0.15) is 0 Å². The molecule has 98 valence electrons. The highest BCUT2D eigenvalue weighted by Crippen LogP contribution is 2.41. The first kappa shape index (κ1) is 10.9.